The summed E-state index contributed by atoms with van der Waals surface area (Å²) in [6.07, 6.45) is 4.91. The van der Waals surface area contributed by atoms with Crippen LogP contribution in [-0.4, -0.2) is 25.0 Å². The highest BCUT2D eigenvalue weighted by Crippen LogP contribution is 2.40. The van der Waals surface area contributed by atoms with Crippen molar-refractivity contribution >= 4 is 33.4 Å². The van der Waals surface area contributed by atoms with Crippen LogP contribution >= 0.6 is 11.6 Å². The lowest BCUT2D eigenvalue weighted by Crippen LogP contribution is -2.09. The fourth-order valence-corrected chi connectivity index (χ4v) is 6.24. The maximum atomic E-state index is 12.2. The number of benzene rings is 2. The Hall–Kier alpha value is -4.59. The molecule has 2 aliphatic carbocycles. The minimum atomic E-state index is -0.117. The van der Waals surface area contributed by atoms with Gasteiger partial charge in [-0.2, -0.15) is 0 Å². The number of aromatic amines is 2. The first-order valence-corrected chi connectivity index (χ1v) is 13.5. The summed E-state index contributed by atoms with van der Waals surface area (Å²) in [7, 11) is 0. The second-order valence-corrected chi connectivity index (χ2v) is 10.2. The van der Waals surface area contributed by atoms with E-state index in [1.807, 2.05) is 42.5 Å². The van der Waals surface area contributed by atoms with E-state index in [0.29, 0.717) is 23.1 Å². The molecule has 0 spiro atoms. The second-order valence-electron chi connectivity index (χ2n) is 9.95. The number of pyridine rings is 4. The van der Waals surface area contributed by atoms with Gasteiger partial charge in [0.1, 0.15) is 0 Å². The number of fused-ring (bicyclic) bond motifs is 10. The number of alkyl halides is 1. The first kappa shape index (κ1) is 24.5. The van der Waals surface area contributed by atoms with Crippen LogP contribution in [0.25, 0.3) is 44.3 Å². The van der Waals surface area contributed by atoms with Gasteiger partial charge in [0.2, 0.25) is 0 Å². The maximum absolute atomic E-state index is 12.2. The summed E-state index contributed by atoms with van der Waals surface area (Å²) in [5.74, 6) is 0.479. The molecule has 4 aromatic heterocycles. The third-order valence-corrected chi connectivity index (χ3v) is 8.15. The summed E-state index contributed by atoms with van der Waals surface area (Å²) in [5, 5.41) is 10.7. The average molecular weight is 547 g/mol. The molecule has 2 aromatic carbocycles. The quantitative estimate of drug-likeness (QED) is 0.257. The molecule has 40 heavy (non-hydrogen) atoms. The predicted octanol–water partition coefficient (Wildman–Crippen LogP) is 5.22. The van der Waals surface area contributed by atoms with Gasteiger partial charge in [-0.3, -0.25) is 19.6 Å². The van der Waals surface area contributed by atoms with Crippen LogP contribution in [0.2, 0.25) is 0 Å². The van der Waals surface area contributed by atoms with E-state index in [4.69, 9.17) is 11.6 Å². The number of aliphatic hydroxyl groups excluding tert-OH is 1. The van der Waals surface area contributed by atoms with Gasteiger partial charge in [-0.15, -0.1) is 11.6 Å². The number of rotatable bonds is 2. The summed E-state index contributed by atoms with van der Waals surface area (Å²) in [5.41, 5.74) is 11.6. The highest BCUT2D eigenvalue weighted by Gasteiger charge is 2.26. The van der Waals surface area contributed by atoms with Crippen molar-refractivity contribution in [3.63, 3.8) is 0 Å². The normalized spacial score (nSPS) is 12.4. The number of hydrogen-bond donors (Lipinski definition) is 3. The molecule has 2 aliphatic rings. The number of aromatic nitrogens is 4. The largest absolute Gasteiger partial charge is 0.392 e. The third-order valence-electron chi connectivity index (χ3n) is 7.86. The molecule has 6 aromatic rings. The van der Waals surface area contributed by atoms with Gasteiger partial charge in [0.25, 0.3) is 11.1 Å². The highest BCUT2D eigenvalue weighted by molar-refractivity contribution is 6.17. The molecule has 0 atom stereocenters. The van der Waals surface area contributed by atoms with Gasteiger partial charge in [-0.25, -0.2) is 0 Å². The molecule has 0 saturated heterocycles. The molecule has 0 fully saturated rings. The van der Waals surface area contributed by atoms with Crippen LogP contribution < -0.4 is 11.1 Å². The highest BCUT2D eigenvalue weighted by atomic mass is 35.5. The third kappa shape index (κ3) is 3.70. The standard InChI is InChI=1S/C16H11ClN2O.C16H12N2O2/c17-8-9-3-1-4-10-12(9)7-13-14-11(5-2-6-18-14)16(20)19-15(10)13;19-8-9-3-1-4-10-12(9)7-13-14-11(5-2-6-17-14)16(20)18-15(10)13/h1-6H,7-8H2,(H,19,20);1-6,19H,7-8H2,(H,18,20). The average Bonchev–Trinajstić information content (AvgIpc) is 3.57. The van der Waals surface area contributed by atoms with Crippen molar-refractivity contribution in [3.05, 3.63) is 127 Å². The molecular formula is C32H23ClN4O3. The Labute approximate surface area is 233 Å². The van der Waals surface area contributed by atoms with E-state index in [1.54, 1.807) is 30.6 Å². The Morgan fingerprint density at radius 3 is 1.68 bits per heavy atom. The fourth-order valence-electron chi connectivity index (χ4n) is 5.99. The predicted molar refractivity (Wildman–Crippen MR) is 157 cm³/mol. The van der Waals surface area contributed by atoms with Crippen molar-refractivity contribution in [2.75, 3.05) is 0 Å². The molecule has 0 aliphatic heterocycles. The van der Waals surface area contributed by atoms with Crippen molar-refractivity contribution in [1.29, 1.82) is 0 Å². The van der Waals surface area contributed by atoms with E-state index < -0.39 is 0 Å². The Kier molecular flexibility index (Phi) is 5.84. The lowest BCUT2D eigenvalue weighted by Gasteiger charge is -2.04. The Bertz CT molecular complexity index is 1950. The number of halogens is 1. The number of aliphatic hydroxyl groups is 1. The molecule has 8 heteroatoms. The SMILES string of the molecule is O=c1[nH]c2c(c3ncccc13)Cc1c(CCl)cccc1-2.O=c1[nH]c2c(c3ncccc13)Cc1c(CO)cccc1-2. The zero-order chi connectivity index (χ0) is 27.4. The van der Waals surface area contributed by atoms with Crippen molar-refractivity contribution in [2.24, 2.45) is 0 Å². The van der Waals surface area contributed by atoms with E-state index in [-0.39, 0.29) is 17.7 Å². The number of nitrogens with zero attached hydrogens (tertiary/aromatic N) is 2. The van der Waals surface area contributed by atoms with Crippen molar-refractivity contribution < 1.29 is 5.11 Å². The summed E-state index contributed by atoms with van der Waals surface area (Å²) in [6, 6.07) is 19.0. The van der Waals surface area contributed by atoms with Gasteiger partial charge in [0.05, 0.1) is 39.8 Å². The van der Waals surface area contributed by atoms with Crippen LogP contribution in [0.1, 0.15) is 33.4 Å². The van der Waals surface area contributed by atoms with Gasteiger partial charge in [0.15, 0.2) is 0 Å². The van der Waals surface area contributed by atoms with Crippen molar-refractivity contribution in [2.45, 2.75) is 25.3 Å². The summed E-state index contributed by atoms with van der Waals surface area (Å²) < 4.78 is 0. The smallest absolute Gasteiger partial charge is 0.257 e. The van der Waals surface area contributed by atoms with E-state index in [0.717, 1.165) is 67.8 Å². The monoisotopic (exact) mass is 546 g/mol. The molecule has 7 nitrogen and oxygen atoms in total. The molecule has 0 radical (unpaired) electrons. The number of H-pyrrole nitrogens is 2. The molecule has 0 amide bonds. The van der Waals surface area contributed by atoms with Gasteiger partial charge >= 0.3 is 0 Å². The summed E-state index contributed by atoms with van der Waals surface area (Å²) in [4.78, 5) is 39.1. The molecule has 0 bridgehead atoms. The van der Waals surface area contributed by atoms with Gasteiger partial charge in [-0.1, -0.05) is 36.4 Å². The van der Waals surface area contributed by atoms with Crippen LogP contribution in [0.15, 0.2) is 82.6 Å². The van der Waals surface area contributed by atoms with E-state index in [1.165, 1.54) is 5.56 Å². The van der Waals surface area contributed by atoms with Gasteiger partial charge < -0.3 is 15.1 Å². The fraction of sp³-hybridized carbons (Fsp3) is 0.125. The zero-order valence-electron chi connectivity index (χ0n) is 21.3. The minimum Gasteiger partial charge on any atom is -0.392 e. The van der Waals surface area contributed by atoms with Gasteiger partial charge in [0, 0.05) is 53.4 Å². The summed E-state index contributed by atoms with van der Waals surface area (Å²) in [6.45, 7) is 0.00670. The molecule has 0 unspecified atom stereocenters. The van der Waals surface area contributed by atoms with Crippen molar-refractivity contribution in [3.8, 4) is 22.5 Å². The van der Waals surface area contributed by atoms with E-state index in [2.05, 4.69) is 19.9 Å². The van der Waals surface area contributed by atoms with Crippen molar-refractivity contribution in [1.82, 2.24) is 19.9 Å². The Balaban J connectivity index is 0.000000132. The van der Waals surface area contributed by atoms with Crippen LogP contribution in [0.5, 0.6) is 0 Å². The summed E-state index contributed by atoms with van der Waals surface area (Å²) >= 11 is 6.02. The Morgan fingerprint density at radius 1 is 0.675 bits per heavy atom. The number of hydrogen-bond acceptors (Lipinski definition) is 5. The zero-order valence-corrected chi connectivity index (χ0v) is 22.0. The molecule has 8 rings (SSSR count). The molecule has 196 valence electrons. The maximum Gasteiger partial charge on any atom is 0.257 e. The van der Waals surface area contributed by atoms with Gasteiger partial charge in [-0.05, 0) is 46.5 Å². The lowest BCUT2D eigenvalue weighted by atomic mass is 10.0. The van der Waals surface area contributed by atoms with E-state index >= 15 is 0 Å². The first-order valence-electron chi connectivity index (χ1n) is 13.0. The molecular weight excluding hydrogens is 524 g/mol. The van der Waals surface area contributed by atoms with Crippen LogP contribution in [-0.2, 0) is 25.3 Å². The second kappa shape index (κ2) is 9.55. The number of nitrogens with one attached hydrogen (secondary N) is 2. The Morgan fingerprint density at radius 2 is 1.18 bits per heavy atom. The molecule has 3 N–H and O–H groups in total. The first-order chi connectivity index (χ1) is 19.6. The van der Waals surface area contributed by atoms with E-state index in [9.17, 15) is 14.7 Å². The van der Waals surface area contributed by atoms with Crippen LogP contribution in [0.4, 0.5) is 0 Å². The minimum absolute atomic E-state index is 0.00670. The molecule has 4 heterocycles. The lowest BCUT2D eigenvalue weighted by molar-refractivity contribution is 0.281. The topological polar surface area (TPSA) is 112 Å². The van der Waals surface area contributed by atoms with Crippen LogP contribution in [0.3, 0.4) is 0 Å². The molecule has 0 saturated carbocycles. The van der Waals surface area contributed by atoms with Crippen LogP contribution in [0, 0.1) is 0 Å².